The van der Waals surface area contributed by atoms with E-state index >= 15 is 0 Å². The van der Waals surface area contributed by atoms with Crippen LogP contribution in [0.4, 0.5) is 0 Å². The number of carbonyl (C=O) groups is 2. The van der Waals surface area contributed by atoms with Gasteiger partial charge in [0.15, 0.2) is 0 Å². The average Bonchev–Trinajstić information content (AvgIpc) is 3.23. The maximum absolute atomic E-state index is 12.9. The molecule has 0 saturated heterocycles. The van der Waals surface area contributed by atoms with E-state index < -0.39 is 0 Å². The van der Waals surface area contributed by atoms with Crippen LogP contribution in [-0.2, 0) is 19.1 Å². The third-order valence-electron chi connectivity index (χ3n) is 13.7. The maximum atomic E-state index is 12.9. The Bertz CT molecular complexity index is 901. The summed E-state index contributed by atoms with van der Waals surface area (Å²) in [6, 6.07) is 0.752. The van der Waals surface area contributed by atoms with Crippen molar-refractivity contribution in [2.24, 2.45) is 11.8 Å². The number of rotatable bonds is 47. The summed E-state index contributed by atoms with van der Waals surface area (Å²) < 4.78 is 11.8. The molecule has 1 saturated carbocycles. The molecule has 0 radical (unpaired) electrons. The van der Waals surface area contributed by atoms with Gasteiger partial charge in [-0.05, 0) is 103 Å². The smallest absolute Gasteiger partial charge is 0.305 e. The van der Waals surface area contributed by atoms with Gasteiger partial charge in [0.1, 0.15) is 0 Å². The molecule has 7 heteroatoms. The lowest BCUT2D eigenvalue weighted by Crippen LogP contribution is -2.47. The largest absolute Gasteiger partial charge is 0.465 e. The van der Waals surface area contributed by atoms with Crippen molar-refractivity contribution in [2.75, 3.05) is 66.6 Å². The van der Waals surface area contributed by atoms with Crippen LogP contribution in [0.2, 0.25) is 0 Å². The lowest BCUT2D eigenvalue weighted by Gasteiger charge is -2.39. The molecule has 0 amide bonds. The first kappa shape index (κ1) is 57.8. The predicted octanol–water partition coefficient (Wildman–Crippen LogP) is 14.6. The van der Waals surface area contributed by atoms with Crippen LogP contribution in [0.3, 0.4) is 0 Å². The van der Waals surface area contributed by atoms with Crippen molar-refractivity contribution < 1.29 is 19.1 Å². The number of esters is 2. The summed E-state index contributed by atoms with van der Waals surface area (Å²) in [5, 5.41) is 0. The van der Waals surface area contributed by atoms with Crippen molar-refractivity contribution in [1.82, 2.24) is 14.7 Å². The number of ether oxygens (including phenoxy) is 2. The van der Waals surface area contributed by atoms with E-state index in [-0.39, 0.29) is 11.9 Å². The molecule has 0 bridgehead atoms. The Morgan fingerprint density at radius 1 is 0.443 bits per heavy atom. The Hall–Kier alpha value is -1.18. The lowest BCUT2D eigenvalue weighted by atomic mass is 9.91. The Morgan fingerprint density at radius 3 is 1.18 bits per heavy atom. The maximum Gasteiger partial charge on any atom is 0.305 e. The van der Waals surface area contributed by atoms with Gasteiger partial charge < -0.3 is 19.3 Å². The van der Waals surface area contributed by atoms with Gasteiger partial charge in [-0.1, -0.05) is 175 Å². The molecule has 0 N–H and O–H groups in total. The summed E-state index contributed by atoms with van der Waals surface area (Å²) in [7, 11) is 4.37. The Kier molecular flexibility index (Phi) is 40.5. The Balaban J connectivity index is 2.54. The van der Waals surface area contributed by atoms with E-state index in [1.165, 1.54) is 173 Å². The van der Waals surface area contributed by atoms with Crippen LogP contribution in [0.15, 0.2) is 0 Å². The van der Waals surface area contributed by atoms with Crippen molar-refractivity contribution in [3.8, 4) is 0 Å². The fourth-order valence-electron chi connectivity index (χ4n) is 9.06. The molecule has 1 aliphatic carbocycles. The summed E-state index contributed by atoms with van der Waals surface area (Å²) in [5.41, 5.74) is 0. The molecular formula is C54H107N3O4. The van der Waals surface area contributed by atoms with Crippen LogP contribution < -0.4 is 0 Å². The minimum atomic E-state index is 0.00854. The molecule has 0 aromatic rings. The first-order chi connectivity index (χ1) is 29.8. The van der Waals surface area contributed by atoms with Gasteiger partial charge in [-0.2, -0.15) is 0 Å². The molecule has 2 atom stereocenters. The molecule has 1 fully saturated rings. The minimum Gasteiger partial charge on any atom is -0.465 e. The molecule has 0 aromatic heterocycles. The molecule has 1 rings (SSSR count). The van der Waals surface area contributed by atoms with Crippen molar-refractivity contribution in [3.05, 3.63) is 0 Å². The molecule has 0 aliphatic heterocycles. The summed E-state index contributed by atoms with van der Waals surface area (Å²) in [6.45, 7) is 17.0. The van der Waals surface area contributed by atoms with E-state index in [9.17, 15) is 9.59 Å². The molecule has 1 aliphatic rings. The van der Waals surface area contributed by atoms with Gasteiger partial charge in [-0.15, -0.1) is 0 Å². The number of nitrogens with zero attached hydrogens (tertiary/aromatic N) is 3. The van der Waals surface area contributed by atoms with Crippen molar-refractivity contribution in [1.29, 1.82) is 0 Å². The van der Waals surface area contributed by atoms with Crippen molar-refractivity contribution in [3.63, 3.8) is 0 Å². The quantitative estimate of drug-likeness (QED) is 0.0446. The normalized spacial score (nSPS) is 14.2. The van der Waals surface area contributed by atoms with Gasteiger partial charge in [0.25, 0.3) is 0 Å². The van der Waals surface area contributed by atoms with E-state index in [1.54, 1.807) is 0 Å². The minimum absolute atomic E-state index is 0.00854. The van der Waals surface area contributed by atoms with Gasteiger partial charge >= 0.3 is 11.9 Å². The highest BCUT2D eigenvalue weighted by atomic mass is 16.5. The molecule has 0 heterocycles. The second kappa shape index (κ2) is 42.8. The van der Waals surface area contributed by atoms with Gasteiger partial charge in [0.05, 0.1) is 13.2 Å². The molecular weight excluding hydrogens is 755 g/mol. The van der Waals surface area contributed by atoms with Gasteiger partial charge in [0.2, 0.25) is 0 Å². The Labute approximate surface area is 381 Å². The highest BCUT2D eigenvalue weighted by molar-refractivity contribution is 5.69. The zero-order valence-electron chi connectivity index (χ0n) is 42.1. The summed E-state index contributed by atoms with van der Waals surface area (Å²) >= 11 is 0. The SMILES string of the molecule is CCCCCCCCC(CCCCCC)COC(=O)CCCCCN(CCCCCC(=O)OCC(CCCCCC)CCCCCCCC)CCN(CCN(C)C)C1CCC1. The van der Waals surface area contributed by atoms with Crippen molar-refractivity contribution >= 4 is 11.9 Å². The molecule has 362 valence electrons. The van der Waals surface area contributed by atoms with Crippen LogP contribution in [0.1, 0.15) is 252 Å². The van der Waals surface area contributed by atoms with Crippen LogP contribution in [0.25, 0.3) is 0 Å². The number of likely N-dealkylation sites (N-methyl/N-ethyl adjacent to an activating group) is 1. The summed E-state index contributed by atoms with van der Waals surface area (Å²) in [6.07, 6.45) is 42.4. The van der Waals surface area contributed by atoms with E-state index in [1.807, 2.05) is 0 Å². The fourth-order valence-corrected chi connectivity index (χ4v) is 9.06. The van der Waals surface area contributed by atoms with Crippen molar-refractivity contribution in [2.45, 2.75) is 258 Å². The fraction of sp³-hybridized carbons (Fsp3) is 0.963. The second-order valence-corrected chi connectivity index (χ2v) is 19.8. The topological polar surface area (TPSA) is 62.3 Å². The first-order valence-electron chi connectivity index (χ1n) is 27.2. The lowest BCUT2D eigenvalue weighted by molar-refractivity contribution is -0.146. The highest BCUT2D eigenvalue weighted by Crippen LogP contribution is 2.25. The molecule has 61 heavy (non-hydrogen) atoms. The third-order valence-corrected chi connectivity index (χ3v) is 13.7. The number of unbranched alkanes of at least 4 members (excludes halogenated alkanes) is 20. The summed E-state index contributed by atoms with van der Waals surface area (Å²) in [5.74, 6) is 1.07. The second-order valence-electron chi connectivity index (χ2n) is 19.8. The number of carbonyl (C=O) groups excluding carboxylic acids is 2. The average molecular weight is 862 g/mol. The van der Waals surface area contributed by atoms with E-state index in [2.05, 4.69) is 56.5 Å². The van der Waals surface area contributed by atoms with Gasteiger partial charge in [-0.25, -0.2) is 0 Å². The Morgan fingerprint density at radius 2 is 0.803 bits per heavy atom. The van der Waals surface area contributed by atoms with Crippen LogP contribution >= 0.6 is 0 Å². The molecule has 0 aromatic carbocycles. The molecule has 2 unspecified atom stereocenters. The van der Waals surface area contributed by atoms with Crippen LogP contribution in [0, 0.1) is 11.8 Å². The van der Waals surface area contributed by atoms with Crippen LogP contribution in [0.5, 0.6) is 0 Å². The standard InChI is InChI=1S/C54H107N3O4/c1-7-11-15-19-21-27-36-50(34-25-17-13-9-3)48-60-53(58)40-29-23-31-42-56(45-47-57(46-44-55(5)6)52-38-33-39-52)43-32-24-30-41-54(59)61-49-51(35-26-18-14-10-4)37-28-22-20-16-12-8-2/h50-52H,7-49H2,1-6H3. The van der Waals surface area contributed by atoms with E-state index in [0.717, 1.165) is 83.8 Å². The first-order valence-corrected chi connectivity index (χ1v) is 27.2. The zero-order chi connectivity index (χ0) is 44.4. The molecule has 7 nitrogen and oxygen atoms in total. The number of hydrogen-bond donors (Lipinski definition) is 0. The van der Waals surface area contributed by atoms with Crippen LogP contribution in [-0.4, -0.2) is 99.3 Å². The molecule has 0 spiro atoms. The van der Waals surface area contributed by atoms with Gasteiger partial charge in [-0.3, -0.25) is 14.5 Å². The predicted molar refractivity (Wildman–Crippen MR) is 264 cm³/mol. The summed E-state index contributed by atoms with van der Waals surface area (Å²) in [4.78, 5) is 33.4. The van der Waals surface area contributed by atoms with E-state index in [0.29, 0.717) is 37.9 Å². The number of hydrogen-bond acceptors (Lipinski definition) is 7. The monoisotopic (exact) mass is 862 g/mol. The zero-order valence-corrected chi connectivity index (χ0v) is 42.1. The highest BCUT2D eigenvalue weighted by Gasteiger charge is 2.25. The van der Waals surface area contributed by atoms with Gasteiger partial charge in [0, 0.05) is 45.1 Å². The third kappa shape index (κ3) is 35.8. The van der Waals surface area contributed by atoms with E-state index in [4.69, 9.17) is 9.47 Å².